The lowest BCUT2D eigenvalue weighted by Crippen LogP contribution is -2.24. The summed E-state index contributed by atoms with van der Waals surface area (Å²) in [7, 11) is 0. The standard InChI is InChI=1S/C13H11BrCl2N2O/c1-6(19)17-10-2-3-18-11(10)4-7-8(14)5-9(15)12(16)13(7)18/h4-5,10H,2-3H2,1H3,(H,17,19)/t10-/m0/s1. The van der Waals surface area contributed by atoms with Crippen molar-refractivity contribution in [3.05, 3.63) is 32.3 Å². The normalized spacial score (nSPS) is 17.8. The fourth-order valence-electron chi connectivity index (χ4n) is 2.68. The maximum Gasteiger partial charge on any atom is 0.217 e. The predicted molar refractivity (Wildman–Crippen MR) is 80.8 cm³/mol. The number of amides is 1. The molecule has 0 saturated carbocycles. The van der Waals surface area contributed by atoms with Crippen LogP contribution in [0.25, 0.3) is 10.9 Å². The second kappa shape index (κ2) is 4.69. The van der Waals surface area contributed by atoms with E-state index in [1.807, 2.05) is 0 Å². The minimum Gasteiger partial charge on any atom is -0.348 e. The first-order chi connectivity index (χ1) is 8.99. The summed E-state index contributed by atoms with van der Waals surface area (Å²) in [5, 5.41) is 5.09. The largest absolute Gasteiger partial charge is 0.348 e. The zero-order valence-corrected chi connectivity index (χ0v) is 13.2. The Morgan fingerprint density at radius 1 is 1.47 bits per heavy atom. The summed E-state index contributed by atoms with van der Waals surface area (Å²) in [6, 6.07) is 3.91. The average molecular weight is 362 g/mol. The van der Waals surface area contributed by atoms with E-state index in [4.69, 9.17) is 23.2 Å². The Kier molecular flexibility index (Phi) is 3.28. The average Bonchev–Trinajstić information content (AvgIpc) is 2.86. The van der Waals surface area contributed by atoms with Crippen molar-refractivity contribution in [2.45, 2.75) is 25.9 Å². The summed E-state index contributed by atoms with van der Waals surface area (Å²) in [4.78, 5) is 11.2. The van der Waals surface area contributed by atoms with E-state index in [0.717, 1.165) is 34.0 Å². The van der Waals surface area contributed by atoms with Crippen molar-refractivity contribution in [1.82, 2.24) is 9.88 Å². The topological polar surface area (TPSA) is 34.0 Å². The van der Waals surface area contributed by atoms with E-state index >= 15 is 0 Å². The van der Waals surface area contributed by atoms with Crippen molar-refractivity contribution < 1.29 is 4.79 Å². The zero-order chi connectivity index (χ0) is 13.7. The molecule has 1 N–H and O–H groups in total. The third-order valence-electron chi connectivity index (χ3n) is 3.43. The molecule has 0 saturated heterocycles. The van der Waals surface area contributed by atoms with Crippen molar-refractivity contribution in [1.29, 1.82) is 0 Å². The molecule has 1 aromatic carbocycles. The van der Waals surface area contributed by atoms with Crippen LogP contribution in [-0.2, 0) is 11.3 Å². The fourth-order valence-corrected chi connectivity index (χ4v) is 3.80. The highest BCUT2D eigenvalue weighted by molar-refractivity contribution is 9.10. The molecule has 1 atom stereocenters. The van der Waals surface area contributed by atoms with E-state index in [9.17, 15) is 4.79 Å². The van der Waals surface area contributed by atoms with Crippen LogP contribution in [0.3, 0.4) is 0 Å². The minimum atomic E-state index is -0.0214. The lowest BCUT2D eigenvalue weighted by Gasteiger charge is -2.09. The summed E-state index contributed by atoms with van der Waals surface area (Å²) in [5.41, 5.74) is 2.01. The number of fused-ring (bicyclic) bond motifs is 3. The van der Waals surface area contributed by atoms with Gasteiger partial charge in [-0.1, -0.05) is 39.1 Å². The van der Waals surface area contributed by atoms with Gasteiger partial charge >= 0.3 is 0 Å². The summed E-state index contributed by atoms with van der Waals surface area (Å²) >= 11 is 16.0. The molecular weight excluding hydrogens is 351 g/mol. The van der Waals surface area contributed by atoms with E-state index in [1.165, 1.54) is 6.92 Å². The summed E-state index contributed by atoms with van der Waals surface area (Å²) < 4.78 is 3.05. The highest BCUT2D eigenvalue weighted by Crippen LogP contribution is 2.42. The molecule has 19 heavy (non-hydrogen) atoms. The first-order valence-corrected chi connectivity index (χ1v) is 7.47. The number of nitrogens with one attached hydrogen (secondary N) is 1. The Labute approximate surface area is 129 Å². The Bertz CT molecular complexity index is 696. The number of halogens is 3. The number of benzene rings is 1. The molecule has 2 aromatic rings. The molecular formula is C13H11BrCl2N2O. The van der Waals surface area contributed by atoms with Gasteiger partial charge in [0.2, 0.25) is 5.91 Å². The highest BCUT2D eigenvalue weighted by Gasteiger charge is 2.27. The molecule has 0 fully saturated rings. The number of nitrogens with zero attached hydrogens (tertiary/aromatic N) is 1. The van der Waals surface area contributed by atoms with Crippen LogP contribution >= 0.6 is 39.1 Å². The Balaban J connectivity index is 2.22. The molecule has 1 aromatic heterocycles. The van der Waals surface area contributed by atoms with Crippen LogP contribution in [0.1, 0.15) is 25.1 Å². The number of aryl methyl sites for hydroxylation is 1. The van der Waals surface area contributed by atoms with Gasteiger partial charge in [0, 0.05) is 29.0 Å². The molecule has 1 aliphatic rings. The third kappa shape index (κ3) is 2.06. The monoisotopic (exact) mass is 360 g/mol. The Morgan fingerprint density at radius 2 is 2.21 bits per heavy atom. The van der Waals surface area contributed by atoms with Crippen LogP contribution in [0.2, 0.25) is 10.0 Å². The third-order valence-corrected chi connectivity index (χ3v) is 4.87. The molecule has 0 bridgehead atoms. The van der Waals surface area contributed by atoms with E-state index < -0.39 is 0 Å². The van der Waals surface area contributed by atoms with Crippen molar-refractivity contribution in [2.75, 3.05) is 0 Å². The number of hydrogen-bond acceptors (Lipinski definition) is 1. The van der Waals surface area contributed by atoms with Crippen molar-refractivity contribution in [3.63, 3.8) is 0 Å². The number of carbonyl (C=O) groups excluding carboxylic acids is 1. The summed E-state index contributed by atoms with van der Waals surface area (Å²) in [6.45, 7) is 2.36. The van der Waals surface area contributed by atoms with Gasteiger partial charge in [-0.15, -0.1) is 0 Å². The molecule has 6 heteroatoms. The number of aromatic nitrogens is 1. The van der Waals surface area contributed by atoms with E-state index in [-0.39, 0.29) is 11.9 Å². The van der Waals surface area contributed by atoms with Gasteiger partial charge in [0.05, 0.1) is 21.6 Å². The van der Waals surface area contributed by atoms with Crippen LogP contribution in [0.4, 0.5) is 0 Å². The molecule has 2 heterocycles. The maximum atomic E-state index is 11.2. The molecule has 1 aliphatic heterocycles. The van der Waals surface area contributed by atoms with Crippen LogP contribution in [0.15, 0.2) is 16.6 Å². The van der Waals surface area contributed by atoms with Gasteiger partial charge in [-0.3, -0.25) is 4.79 Å². The zero-order valence-electron chi connectivity index (χ0n) is 10.1. The smallest absolute Gasteiger partial charge is 0.217 e. The molecule has 0 spiro atoms. The first-order valence-electron chi connectivity index (χ1n) is 5.92. The van der Waals surface area contributed by atoms with Gasteiger partial charge < -0.3 is 9.88 Å². The molecule has 1 amide bonds. The van der Waals surface area contributed by atoms with Crippen LogP contribution in [-0.4, -0.2) is 10.5 Å². The van der Waals surface area contributed by atoms with Gasteiger partial charge in [-0.25, -0.2) is 0 Å². The second-order valence-corrected chi connectivity index (χ2v) is 6.32. The minimum absolute atomic E-state index is 0.0214. The van der Waals surface area contributed by atoms with Crippen molar-refractivity contribution in [2.24, 2.45) is 0 Å². The van der Waals surface area contributed by atoms with Crippen molar-refractivity contribution in [3.8, 4) is 0 Å². The van der Waals surface area contributed by atoms with Crippen molar-refractivity contribution >= 4 is 55.9 Å². The summed E-state index contributed by atoms with van der Waals surface area (Å²) in [5.74, 6) is -0.0214. The van der Waals surface area contributed by atoms with Crippen LogP contribution in [0, 0.1) is 0 Å². The van der Waals surface area contributed by atoms with Gasteiger partial charge in [0.25, 0.3) is 0 Å². The lowest BCUT2D eigenvalue weighted by molar-refractivity contribution is -0.119. The molecule has 3 rings (SSSR count). The quantitative estimate of drug-likeness (QED) is 0.755. The van der Waals surface area contributed by atoms with E-state index in [0.29, 0.717) is 10.0 Å². The van der Waals surface area contributed by atoms with Crippen LogP contribution < -0.4 is 5.32 Å². The van der Waals surface area contributed by atoms with Gasteiger partial charge in [-0.05, 0) is 18.6 Å². The highest BCUT2D eigenvalue weighted by atomic mass is 79.9. The molecule has 0 radical (unpaired) electrons. The fraction of sp³-hybridized carbons (Fsp3) is 0.308. The summed E-state index contributed by atoms with van der Waals surface area (Å²) in [6.07, 6.45) is 0.880. The molecule has 100 valence electrons. The van der Waals surface area contributed by atoms with E-state index in [2.05, 4.69) is 31.9 Å². The number of hydrogen-bond donors (Lipinski definition) is 1. The Morgan fingerprint density at radius 3 is 2.89 bits per heavy atom. The van der Waals surface area contributed by atoms with Crippen LogP contribution in [0.5, 0.6) is 0 Å². The van der Waals surface area contributed by atoms with Gasteiger partial charge in [0.1, 0.15) is 0 Å². The first kappa shape index (κ1) is 13.3. The number of carbonyl (C=O) groups is 1. The maximum absolute atomic E-state index is 11.2. The second-order valence-electron chi connectivity index (χ2n) is 4.68. The van der Waals surface area contributed by atoms with E-state index in [1.54, 1.807) is 6.07 Å². The predicted octanol–water partition coefficient (Wildman–Crippen LogP) is 4.29. The number of rotatable bonds is 1. The molecule has 0 aliphatic carbocycles. The van der Waals surface area contributed by atoms with Gasteiger partial charge in [-0.2, -0.15) is 0 Å². The SMILES string of the molecule is CC(=O)N[C@H]1CCn2c1cc1c(Br)cc(Cl)c(Cl)c12. The lowest BCUT2D eigenvalue weighted by atomic mass is 10.1. The molecule has 3 nitrogen and oxygen atoms in total. The molecule has 0 unspecified atom stereocenters. The van der Waals surface area contributed by atoms with Gasteiger partial charge in [0.15, 0.2) is 0 Å². The Hall–Kier alpha value is -0.710.